The lowest BCUT2D eigenvalue weighted by atomic mass is 10.0. The molecule has 0 radical (unpaired) electrons. The molecule has 23 heavy (non-hydrogen) atoms. The average molecular weight is 459 g/mol. The van der Waals surface area contributed by atoms with E-state index in [9.17, 15) is 0 Å². The van der Waals surface area contributed by atoms with Crippen molar-refractivity contribution >= 4 is 56.7 Å². The van der Waals surface area contributed by atoms with Crippen LogP contribution < -0.4 is 5.73 Å². The maximum atomic E-state index is 6.41. The predicted molar refractivity (Wildman–Crippen MR) is 108 cm³/mol. The fourth-order valence-corrected chi connectivity index (χ4v) is 3.89. The minimum absolute atomic E-state index is 0.572. The molecule has 3 rings (SSSR count). The van der Waals surface area contributed by atoms with Crippen molar-refractivity contribution in [3.63, 3.8) is 0 Å². The molecular formula is C18H17Cl2IN2. The number of aromatic nitrogens is 1. The van der Waals surface area contributed by atoms with Gasteiger partial charge in [-0.3, -0.25) is 0 Å². The van der Waals surface area contributed by atoms with E-state index < -0.39 is 0 Å². The zero-order valence-electron chi connectivity index (χ0n) is 12.5. The Labute approximate surface area is 159 Å². The third kappa shape index (κ3) is 3.38. The summed E-state index contributed by atoms with van der Waals surface area (Å²) in [4.78, 5) is 3.50. The lowest BCUT2D eigenvalue weighted by Crippen LogP contribution is -1.99. The monoisotopic (exact) mass is 458 g/mol. The van der Waals surface area contributed by atoms with Gasteiger partial charge in [-0.15, -0.1) is 0 Å². The van der Waals surface area contributed by atoms with Gasteiger partial charge in [0, 0.05) is 14.5 Å². The number of fused-ring (bicyclic) bond motifs is 1. The number of aryl methyl sites for hydroxylation is 1. The van der Waals surface area contributed by atoms with Crippen molar-refractivity contribution < 1.29 is 0 Å². The first kappa shape index (κ1) is 17.1. The molecule has 1 aromatic heterocycles. The Morgan fingerprint density at radius 2 is 1.83 bits per heavy atom. The molecule has 0 aliphatic rings. The van der Waals surface area contributed by atoms with Crippen LogP contribution in [-0.2, 0) is 6.42 Å². The summed E-state index contributed by atoms with van der Waals surface area (Å²) >= 11 is 15.0. The van der Waals surface area contributed by atoms with Gasteiger partial charge >= 0.3 is 0 Å². The summed E-state index contributed by atoms with van der Waals surface area (Å²) in [5, 5.41) is 2.30. The number of unbranched alkanes of at least 4 members (excludes halogenated alkanes) is 1. The quantitative estimate of drug-likeness (QED) is 0.355. The summed E-state index contributed by atoms with van der Waals surface area (Å²) in [6, 6.07) is 12.3. The van der Waals surface area contributed by atoms with Crippen LogP contribution in [0.5, 0.6) is 0 Å². The number of hydrogen-bond acceptors (Lipinski definition) is 1. The Kier molecular flexibility index (Phi) is 5.52. The van der Waals surface area contributed by atoms with Crippen LogP contribution in [0.25, 0.3) is 22.2 Å². The highest BCUT2D eigenvalue weighted by atomic mass is 127. The second kappa shape index (κ2) is 7.43. The van der Waals surface area contributed by atoms with Crippen molar-refractivity contribution in [2.45, 2.75) is 19.3 Å². The smallest absolute Gasteiger partial charge is 0.0833 e. The van der Waals surface area contributed by atoms with Gasteiger partial charge in [0.1, 0.15) is 0 Å². The molecule has 0 spiro atoms. The average Bonchev–Trinajstić information content (AvgIpc) is 2.91. The molecule has 0 aliphatic carbocycles. The Bertz CT molecular complexity index is 842. The number of H-pyrrole nitrogens is 1. The molecule has 120 valence electrons. The van der Waals surface area contributed by atoms with E-state index in [1.54, 1.807) is 0 Å². The van der Waals surface area contributed by atoms with Crippen LogP contribution in [0.4, 0.5) is 0 Å². The molecular weight excluding hydrogens is 442 g/mol. The van der Waals surface area contributed by atoms with Crippen LogP contribution in [-0.4, -0.2) is 11.5 Å². The van der Waals surface area contributed by atoms with Crippen LogP contribution in [0.3, 0.4) is 0 Å². The second-order valence-electron chi connectivity index (χ2n) is 5.49. The maximum Gasteiger partial charge on any atom is 0.0833 e. The standard InChI is InChI=1S/C18H17Cl2IN2/c19-14-9-8-12-11(5-3-4-10-22)17(23-18(12)16(14)20)13-6-1-2-7-15(13)21/h1-2,6-9,23H,3-5,10,22H2. The van der Waals surface area contributed by atoms with E-state index in [0.29, 0.717) is 16.6 Å². The number of aromatic amines is 1. The highest BCUT2D eigenvalue weighted by Crippen LogP contribution is 2.38. The minimum Gasteiger partial charge on any atom is -0.353 e. The number of nitrogens with two attached hydrogens (primary N) is 1. The fourth-order valence-electron chi connectivity index (χ4n) is 2.86. The molecule has 0 bridgehead atoms. The number of hydrogen-bond donors (Lipinski definition) is 2. The Morgan fingerprint density at radius 1 is 1.04 bits per heavy atom. The summed E-state index contributed by atoms with van der Waals surface area (Å²) in [6.07, 6.45) is 3.04. The van der Waals surface area contributed by atoms with E-state index in [4.69, 9.17) is 28.9 Å². The van der Waals surface area contributed by atoms with Crippen molar-refractivity contribution in [1.29, 1.82) is 0 Å². The summed E-state index contributed by atoms with van der Waals surface area (Å²) in [5.74, 6) is 0. The summed E-state index contributed by atoms with van der Waals surface area (Å²) in [7, 11) is 0. The Balaban J connectivity index is 2.21. The lowest BCUT2D eigenvalue weighted by molar-refractivity contribution is 0.748. The molecule has 1 heterocycles. The lowest BCUT2D eigenvalue weighted by Gasteiger charge is -2.07. The number of halogens is 3. The van der Waals surface area contributed by atoms with Crippen LogP contribution >= 0.6 is 45.8 Å². The molecule has 3 N–H and O–H groups in total. The van der Waals surface area contributed by atoms with Crippen molar-refractivity contribution in [2.75, 3.05) is 6.54 Å². The molecule has 0 saturated carbocycles. The number of rotatable bonds is 5. The van der Waals surface area contributed by atoms with Crippen molar-refractivity contribution in [3.05, 3.63) is 55.6 Å². The molecule has 0 fully saturated rings. The predicted octanol–water partition coefficient (Wildman–Crippen LogP) is 6.03. The van der Waals surface area contributed by atoms with E-state index in [-0.39, 0.29) is 0 Å². The van der Waals surface area contributed by atoms with Crippen molar-refractivity contribution in [2.24, 2.45) is 5.73 Å². The molecule has 3 aromatic rings. The van der Waals surface area contributed by atoms with E-state index in [1.165, 1.54) is 14.7 Å². The molecule has 0 amide bonds. The third-order valence-corrected chi connectivity index (χ3v) is 5.74. The van der Waals surface area contributed by atoms with Crippen LogP contribution in [0.1, 0.15) is 18.4 Å². The molecule has 5 heteroatoms. The molecule has 0 saturated heterocycles. The van der Waals surface area contributed by atoms with Crippen LogP contribution in [0.15, 0.2) is 36.4 Å². The second-order valence-corrected chi connectivity index (χ2v) is 7.44. The Morgan fingerprint density at radius 3 is 2.57 bits per heavy atom. The van der Waals surface area contributed by atoms with Crippen LogP contribution in [0.2, 0.25) is 10.0 Å². The van der Waals surface area contributed by atoms with Crippen molar-refractivity contribution in [1.82, 2.24) is 4.98 Å². The topological polar surface area (TPSA) is 41.8 Å². The van der Waals surface area contributed by atoms with E-state index in [2.05, 4.69) is 51.8 Å². The zero-order valence-corrected chi connectivity index (χ0v) is 16.2. The molecule has 0 unspecified atom stereocenters. The van der Waals surface area contributed by atoms with Gasteiger partial charge in [0.25, 0.3) is 0 Å². The summed E-state index contributed by atoms with van der Waals surface area (Å²) < 4.78 is 1.21. The van der Waals surface area contributed by atoms with Crippen LogP contribution in [0, 0.1) is 3.57 Å². The van der Waals surface area contributed by atoms with Gasteiger partial charge in [-0.1, -0.05) is 47.5 Å². The summed E-state index contributed by atoms with van der Waals surface area (Å²) in [5.41, 5.74) is 10.2. The van der Waals surface area contributed by atoms with Gasteiger partial charge in [0.15, 0.2) is 0 Å². The van der Waals surface area contributed by atoms with Gasteiger partial charge in [-0.25, -0.2) is 0 Å². The van der Waals surface area contributed by atoms with Gasteiger partial charge in [0.05, 0.1) is 21.3 Å². The van der Waals surface area contributed by atoms with E-state index in [0.717, 1.165) is 35.9 Å². The maximum absolute atomic E-state index is 6.41. The van der Waals surface area contributed by atoms with Crippen molar-refractivity contribution in [3.8, 4) is 11.3 Å². The summed E-state index contributed by atoms with van der Waals surface area (Å²) in [6.45, 7) is 0.715. The largest absolute Gasteiger partial charge is 0.353 e. The normalized spacial score (nSPS) is 11.3. The van der Waals surface area contributed by atoms with Gasteiger partial charge in [0.2, 0.25) is 0 Å². The molecule has 2 aromatic carbocycles. The van der Waals surface area contributed by atoms with E-state index in [1.807, 2.05) is 12.1 Å². The highest BCUT2D eigenvalue weighted by Gasteiger charge is 2.17. The first-order valence-electron chi connectivity index (χ1n) is 7.57. The van der Waals surface area contributed by atoms with Gasteiger partial charge in [-0.2, -0.15) is 0 Å². The third-order valence-electron chi connectivity index (χ3n) is 4.00. The minimum atomic E-state index is 0.572. The Hall–Kier alpha value is -0.750. The SMILES string of the molecule is NCCCCc1c(-c2ccccc2I)[nH]c2c(Cl)c(Cl)ccc12. The fraction of sp³-hybridized carbons (Fsp3) is 0.222. The zero-order chi connectivity index (χ0) is 16.4. The first-order valence-corrected chi connectivity index (χ1v) is 9.40. The number of benzene rings is 2. The first-order chi connectivity index (χ1) is 11.1. The molecule has 0 atom stereocenters. The molecule has 0 aliphatic heterocycles. The number of nitrogens with one attached hydrogen (secondary N) is 1. The molecule has 2 nitrogen and oxygen atoms in total. The highest BCUT2D eigenvalue weighted by molar-refractivity contribution is 14.1. The van der Waals surface area contributed by atoms with E-state index >= 15 is 0 Å². The van der Waals surface area contributed by atoms with Gasteiger partial charge in [-0.05, 0) is 66.1 Å². The van der Waals surface area contributed by atoms with Gasteiger partial charge < -0.3 is 10.7 Å².